The molecule has 0 aliphatic heterocycles. The van der Waals surface area contributed by atoms with Crippen molar-refractivity contribution in [3.63, 3.8) is 0 Å². The lowest BCUT2D eigenvalue weighted by Crippen LogP contribution is -2.15. The van der Waals surface area contributed by atoms with Crippen molar-refractivity contribution in [3.05, 3.63) is 65.1 Å². The Morgan fingerprint density at radius 2 is 1.71 bits per heavy atom. The third kappa shape index (κ3) is 3.71. The molecule has 0 aliphatic rings. The van der Waals surface area contributed by atoms with Crippen LogP contribution in [0, 0.1) is 17.1 Å². The fraction of sp³-hybridized carbons (Fsp3) is 0.182. The SMILES string of the molecule is COC(=O)c1c(-c2ccc(N(C)C)c(C#N)c2F)nn(-c2ccccc2)c1C(=O)OC. The molecule has 3 aromatic rings. The second-order valence-corrected chi connectivity index (χ2v) is 6.63. The van der Waals surface area contributed by atoms with Crippen molar-refractivity contribution in [3.8, 4) is 23.0 Å². The van der Waals surface area contributed by atoms with E-state index in [2.05, 4.69) is 5.10 Å². The number of ether oxygens (including phenoxy) is 2. The Balaban J connectivity index is 2.41. The first-order valence-corrected chi connectivity index (χ1v) is 9.11. The van der Waals surface area contributed by atoms with Crippen LogP contribution in [0.25, 0.3) is 16.9 Å². The zero-order valence-electron chi connectivity index (χ0n) is 17.3. The molecule has 8 nitrogen and oxygen atoms in total. The number of carbonyl (C=O) groups is 2. The van der Waals surface area contributed by atoms with Gasteiger partial charge >= 0.3 is 11.9 Å². The molecule has 0 aliphatic carbocycles. The van der Waals surface area contributed by atoms with Gasteiger partial charge in [0.05, 0.1) is 25.6 Å². The van der Waals surface area contributed by atoms with E-state index in [0.717, 1.165) is 14.2 Å². The number of hydrogen-bond acceptors (Lipinski definition) is 7. The lowest BCUT2D eigenvalue weighted by Gasteiger charge is -2.16. The number of carbonyl (C=O) groups excluding carboxylic acids is 2. The maximum atomic E-state index is 15.4. The van der Waals surface area contributed by atoms with Crippen LogP contribution in [0.4, 0.5) is 10.1 Å². The number of methoxy groups -OCH3 is 2. The van der Waals surface area contributed by atoms with Gasteiger partial charge < -0.3 is 14.4 Å². The fourth-order valence-corrected chi connectivity index (χ4v) is 3.17. The smallest absolute Gasteiger partial charge is 0.357 e. The predicted molar refractivity (Wildman–Crippen MR) is 111 cm³/mol. The van der Waals surface area contributed by atoms with E-state index in [-0.39, 0.29) is 28.1 Å². The Labute approximate surface area is 178 Å². The van der Waals surface area contributed by atoms with Gasteiger partial charge in [-0.2, -0.15) is 10.4 Å². The number of esters is 2. The van der Waals surface area contributed by atoms with E-state index in [9.17, 15) is 14.9 Å². The quantitative estimate of drug-likeness (QED) is 0.583. The summed E-state index contributed by atoms with van der Waals surface area (Å²) in [6, 6.07) is 13.3. The van der Waals surface area contributed by atoms with Gasteiger partial charge in [0.25, 0.3) is 0 Å². The molecule has 3 rings (SSSR count). The lowest BCUT2D eigenvalue weighted by atomic mass is 10.0. The minimum Gasteiger partial charge on any atom is -0.465 e. The Kier molecular flexibility index (Phi) is 6.02. The molecule has 0 N–H and O–H groups in total. The van der Waals surface area contributed by atoms with Gasteiger partial charge in [0.1, 0.15) is 22.9 Å². The minimum absolute atomic E-state index is 0.123. The maximum Gasteiger partial charge on any atom is 0.357 e. The van der Waals surface area contributed by atoms with Crippen molar-refractivity contribution < 1.29 is 23.5 Å². The van der Waals surface area contributed by atoms with Crippen molar-refractivity contribution in [2.24, 2.45) is 0 Å². The monoisotopic (exact) mass is 422 g/mol. The van der Waals surface area contributed by atoms with Gasteiger partial charge in [-0.25, -0.2) is 18.7 Å². The van der Waals surface area contributed by atoms with Crippen molar-refractivity contribution >= 4 is 17.6 Å². The molecular weight excluding hydrogens is 403 g/mol. The molecule has 0 bridgehead atoms. The summed E-state index contributed by atoms with van der Waals surface area (Å²) in [6.07, 6.45) is 0. The molecular formula is C22H19FN4O4. The number of benzene rings is 2. The molecule has 1 aromatic heterocycles. The summed E-state index contributed by atoms with van der Waals surface area (Å²) in [7, 11) is 5.65. The van der Waals surface area contributed by atoms with Crippen LogP contribution in [-0.4, -0.2) is 50.0 Å². The molecule has 0 fully saturated rings. The zero-order chi connectivity index (χ0) is 22.7. The minimum atomic E-state index is -0.896. The molecule has 31 heavy (non-hydrogen) atoms. The Morgan fingerprint density at radius 1 is 1.06 bits per heavy atom. The Bertz CT molecular complexity index is 1200. The fourth-order valence-electron chi connectivity index (χ4n) is 3.17. The van der Waals surface area contributed by atoms with Crippen LogP contribution >= 0.6 is 0 Å². The summed E-state index contributed by atoms with van der Waals surface area (Å²) >= 11 is 0. The van der Waals surface area contributed by atoms with Crippen LogP contribution in [0.1, 0.15) is 26.4 Å². The van der Waals surface area contributed by atoms with Crippen LogP contribution in [-0.2, 0) is 9.47 Å². The van der Waals surface area contributed by atoms with Gasteiger partial charge in [0, 0.05) is 19.7 Å². The third-order valence-electron chi connectivity index (χ3n) is 4.62. The number of para-hydroxylation sites is 1. The number of rotatable bonds is 5. The normalized spacial score (nSPS) is 10.3. The number of anilines is 1. The molecule has 158 valence electrons. The van der Waals surface area contributed by atoms with Crippen molar-refractivity contribution in [2.75, 3.05) is 33.2 Å². The maximum absolute atomic E-state index is 15.4. The summed E-state index contributed by atoms with van der Waals surface area (Å²) < 4.78 is 26.3. The molecule has 1 heterocycles. The number of aromatic nitrogens is 2. The molecule has 0 unspecified atom stereocenters. The molecule has 0 radical (unpaired) electrons. The van der Waals surface area contributed by atoms with Crippen LogP contribution in [0.5, 0.6) is 0 Å². The van der Waals surface area contributed by atoms with E-state index in [1.165, 1.54) is 16.8 Å². The molecule has 9 heteroatoms. The van der Waals surface area contributed by atoms with Gasteiger partial charge in [0.2, 0.25) is 0 Å². The molecule has 0 spiro atoms. The third-order valence-corrected chi connectivity index (χ3v) is 4.62. The molecule has 0 amide bonds. The second kappa shape index (κ2) is 8.67. The van der Waals surface area contributed by atoms with E-state index >= 15 is 4.39 Å². The highest BCUT2D eigenvalue weighted by Crippen LogP contribution is 2.34. The van der Waals surface area contributed by atoms with E-state index in [1.54, 1.807) is 49.3 Å². The van der Waals surface area contributed by atoms with Crippen molar-refractivity contribution in [1.82, 2.24) is 9.78 Å². The van der Waals surface area contributed by atoms with Crippen LogP contribution in [0.2, 0.25) is 0 Å². The molecule has 2 aromatic carbocycles. The standard InChI is InChI=1S/C22H19FN4O4/c1-26(2)16-11-10-14(18(23)15(16)12-24)19-17(21(28)30-3)20(22(29)31-4)27(25-19)13-8-6-5-7-9-13/h5-11H,1-4H3. The number of nitriles is 1. The number of nitrogens with zero attached hydrogens (tertiary/aromatic N) is 4. The molecule has 0 saturated heterocycles. The topological polar surface area (TPSA) is 97.5 Å². The summed E-state index contributed by atoms with van der Waals surface area (Å²) in [4.78, 5) is 26.8. The van der Waals surface area contributed by atoms with Crippen molar-refractivity contribution in [1.29, 1.82) is 5.26 Å². The van der Waals surface area contributed by atoms with Crippen LogP contribution < -0.4 is 4.90 Å². The van der Waals surface area contributed by atoms with E-state index in [0.29, 0.717) is 11.4 Å². The molecule has 0 saturated carbocycles. The summed E-state index contributed by atoms with van der Waals surface area (Å²) in [5.41, 5.74) is -0.155. The average molecular weight is 422 g/mol. The summed E-state index contributed by atoms with van der Waals surface area (Å²) in [5.74, 6) is -2.62. The average Bonchev–Trinajstić information content (AvgIpc) is 3.18. The Hall–Kier alpha value is -4.19. The van der Waals surface area contributed by atoms with Crippen LogP contribution in [0.15, 0.2) is 42.5 Å². The van der Waals surface area contributed by atoms with Gasteiger partial charge in [-0.15, -0.1) is 0 Å². The first-order chi connectivity index (χ1) is 14.8. The summed E-state index contributed by atoms with van der Waals surface area (Å²) in [5, 5.41) is 13.9. The van der Waals surface area contributed by atoms with Gasteiger partial charge in [0.15, 0.2) is 11.5 Å². The second-order valence-electron chi connectivity index (χ2n) is 6.63. The predicted octanol–water partition coefficient (Wildman–Crippen LogP) is 3.19. The summed E-state index contributed by atoms with van der Waals surface area (Å²) in [6.45, 7) is 0. The first-order valence-electron chi connectivity index (χ1n) is 9.11. The van der Waals surface area contributed by atoms with Crippen molar-refractivity contribution in [2.45, 2.75) is 0 Å². The Morgan fingerprint density at radius 3 is 2.26 bits per heavy atom. The highest BCUT2D eigenvalue weighted by atomic mass is 19.1. The zero-order valence-corrected chi connectivity index (χ0v) is 17.3. The largest absolute Gasteiger partial charge is 0.465 e. The van der Waals surface area contributed by atoms with Crippen LogP contribution in [0.3, 0.4) is 0 Å². The van der Waals surface area contributed by atoms with Gasteiger partial charge in [-0.05, 0) is 24.3 Å². The number of halogens is 1. The highest BCUT2D eigenvalue weighted by molar-refractivity contribution is 6.07. The highest BCUT2D eigenvalue weighted by Gasteiger charge is 2.33. The first kappa shape index (κ1) is 21.5. The van der Waals surface area contributed by atoms with Gasteiger partial charge in [-0.3, -0.25) is 0 Å². The number of hydrogen-bond donors (Lipinski definition) is 0. The van der Waals surface area contributed by atoms with Gasteiger partial charge in [-0.1, -0.05) is 18.2 Å². The van der Waals surface area contributed by atoms with E-state index in [4.69, 9.17) is 9.47 Å². The lowest BCUT2D eigenvalue weighted by molar-refractivity contribution is 0.0549. The van der Waals surface area contributed by atoms with E-state index in [1.807, 2.05) is 6.07 Å². The molecule has 0 atom stereocenters. The van der Waals surface area contributed by atoms with E-state index < -0.39 is 17.8 Å².